The van der Waals surface area contributed by atoms with E-state index in [1.807, 2.05) is 6.07 Å². The Bertz CT molecular complexity index is 500. The lowest BCUT2D eigenvalue weighted by molar-refractivity contribution is -0.384. The zero-order valence-electron chi connectivity index (χ0n) is 7.64. The zero-order valence-corrected chi connectivity index (χ0v) is 7.64. The molecule has 0 fully saturated rings. The molecule has 2 rings (SSSR count). The molecule has 5 heteroatoms. The minimum absolute atomic E-state index is 0.00668. The van der Waals surface area contributed by atoms with Gasteiger partial charge in [-0.2, -0.15) is 5.26 Å². The summed E-state index contributed by atoms with van der Waals surface area (Å²) in [6.45, 7) is 0.224. The van der Waals surface area contributed by atoms with Crippen LogP contribution in [0.15, 0.2) is 23.8 Å². The molecule has 1 aliphatic rings. The first-order chi connectivity index (χ1) is 7.20. The quantitative estimate of drug-likeness (QED) is 0.514. The van der Waals surface area contributed by atoms with E-state index in [1.54, 1.807) is 6.08 Å². The molecule has 15 heavy (non-hydrogen) atoms. The summed E-state index contributed by atoms with van der Waals surface area (Å²) < 4.78 is 5.25. The number of nitriles is 1. The summed E-state index contributed by atoms with van der Waals surface area (Å²) in [4.78, 5) is 10.0. The molecule has 0 saturated heterocycles. The Kier molecular flexibility index (Phi) is 2.10. The largest absolute Gasteiger partial charge is 0.488 e. The van der Waals surface area contributed by atoms with Gasteiger partial charge in [0.15, 0.2) is 0 Å². The smallest absolute Gasteiger partial charge is 0.270 e. The number of benzene rings is 1. The second-order valence-corrected chi connectivity index (χ2v) is 3.05. The lowest BCUT2D eigenvalue weighted by atomic mass is 10.1. The third-order valence-electron chi connectivity index (χ3n) is 2.06. The first-order valence-corrected chi connectivity index (χ1v) is 4.22. The van der Waals surface area contributed by atoms with Crippen LogP contribution in [0.4, 0.5) is 5.69 Å². The molecule has 1 aliphatic heterocycles. The van der Waals surface area contributed by atoms with Crippen LogP contribution in [0.3, 0.4) is 0 Å². The van der Waals surface area contributed by atoms with Gasteiger partial charge in [-0.05, 0) is 12.1 Å². The second kappa shape index (κ2) is 3.42. The highest BCUT2D eigenvalue weighted by Crippen LogP contribution is 2.29. The lowest BCUT2D eigenvalue weighted by Crippen LogP contribution is -2.06. The maximum Gasteiger partial charge on any atom is 0.270 e. The predicted molar refractivity (Wildman–Crippen MR) is 52.2 cm³/mol. The topological polar surface area (TPSA) is 76.2 Å². The van der Waals surface area contributed by atoms with Crippen molar-refractivity contribution in [3.05, 3.63) is 39.4 Å². The van der Waals surface area contributed by atoms with Gasteiger partial charge in [-0.25, -0.2) is 0 Å². The van der Waals surface area contributed by atoms with Gasteiger partial charge >= 0.3 is 0 Å². The minimum atomic E-state index is -0.477. The number of non-ortho nitro benzene ring substituents is 1. The molecule has 1 aromatic rings. The van der Waals surface area contributed by atoms with Crippen molar-refractivity contribution < 1.29 is 9.66 Å². The molecular weight excluding hydrogens is 196 g/mol. The third kappa shape index (κ3) is 1.65. The van der Waals surface area contributed by atoms with E-state index < -0.39 is 4.92 Å². The lowest BCUT2D eigenvalue weighted by Gasteiger charge is -2.13. The van der Waals surface area contributed by atoms with Gasteiger partial charge in [0, 0.05) is 17.7 Å². The van der Waals surface area contributed by atoms with Crippen molar-refractivity contribution in [1.82, 2.24) is 0 Å². The van der Waals surface area contributed by atoms with Gasteiger partial charge in [0.05, 0.1) is 16.6 Å². The molecular formula is C10H6N2O3. The Morgan fingerprint density at radius 1 is 1.53 bits per heavy atom. The van der Waals surface area contributed by atoms with Gasteiger partial charge in [-0.3, -0.25) is 10.1 Å². The van der Waals surface area contributed by atoms with E-state index >= 15 is 0 Å². The van der Waals surface area contributed by atoms with Crippen molar-refractivity contribution in [3.63, 3.8) is 0 Å². The molecule has 1 heterocycles. The molecule has 0 radical (unpaired) electrons. The number of nitrogens with zero attached hydrogens (tertiary/aromatic N) is 2. The van der Waals surface area contributed by atoms with Crippen LogP contribution in [-0.2, 0) is 0 Å². The van der Waals surface area contributed by atoms with Crippen LogP contribution in [0.2, 0.25) is 0 Å². The van der Waals surface area contributed by atoms with E-state index in [-0.39, 0.29) is 12.3 Å². The molecule has 5 nitrogen and oxygen atoms in total. The number of hydrogen-bond donors (Lipinski definition) is 0. The zero-order chi connectivity index (χ0) is 10.8. The van der Waals surface area contributed by atoms with Gasteiger partial charge in [0.2, 0.25) is 0 Å². The van der Waals surface area contributed by atoms with Crippen LogP contribution in [0.1, 0.15) is 5.56 Å². The molecule has 74 valence electrons. The normalized spacial score (nSPS) is 13.1. The number of fused-ring (bicyclic) bond motifs is 1. The predicted octanol–water partition coefficient (Wildman–Crippen LogP) is 1.89. The second-order valence-electron chi connectivity index (χ2n) is 3.05. The fraction of sp³-hybridized carbons (Fsp3) is 0.100. The van der Waals surface area contributed by atoms with E-state index in [1.165, 1.54) is 18.2 Å². The van der Waals surface area contributed by atoms with Crippen molar-refractivity contribution in [2.75, 3.05) is 6.61 Å². The average Bonchev–Trinajstić information content (AvgIpc) is 2.27. The molecule has 0 spiro atoms. The summed E-state index contributed by atoms with van der Waals surface area (Å²) in [6, 6.07) is 6.27. The molecule has 0 aromatic heterocycles. The standard InChI is InChI=1S/C10H6N2O3/c11-5-7-3-8-4-9(12(13)14)1-2-10(8)15-6-7/h1-4H,6H2. The summed E-state index contributed by atoms with van der Waals surface area (Å²) in [5.41, 5.74) is 1.03. The van der Waals surface area contributed by atoms with Crippen molar-refractivity contribution in [2.45, 2.75) is 0 Å². The summed E-state index contributed by atoms with van der Waals surface area (Å²) >= 11 is 0. The average molecular weight is 202 g/mol. The Labute approximate surface area is 85.4 Å². The first kappa shape index (κ1) is 9.21. The molecule has 0 N–H and O–H groups in total. The molecule has 0 atom stereocenters. The number of rotatable bonds is 1. The van der Waals surface area contributed by atoms with E-state index in [0.29, 0.717) is 16.9 Å². The number of nitro benzene ring substituents is 1. The Hall–Kier alpha value is -2.35. The summed E-state index contributed by atoms with van der Waals surface area (Å²) in [6.07, 6.45) is 1.60. The van der Waals surface area contributed by atoms with E-state index in [4.69, 9.17) is 10.00 Å². The number of hydrogen-bond acceptors (Lipinski definition) is 4. The monoisotopic (exact) mass is 202 g/mol. The molecule has 0 amide bonds. The molecule has 1 aromatic carbocycles. The molecule has 0 saturated carbocycles. The highest BCUT2D eigenvalue weighted by atomic mass is 16.6. The first-order valence-electron chi connectivity index (χ1n) is 4.22. The van der Waals surface area contributed by atoms with Gasteiger partial charge in [-0.15, -0.1) is 0 Å². The molecule has 0 bridgehead atoms. The van der Waals surface area contributed by atoms with Crippen LogP contribution in [0.5, 0.6) is 5.75 Å². The van der Waals surface area contributed by atoms with Crippen molar-refractivity contribution in [1.29, 1.82) is 5.26 Å². The Morgan fingerprint density at radius 2 is 2.33 bits per heavy atom. The third-order valence-corrected chi connectivity index (χ3v) is 2.06. The highest BCUT2D eigenvalue weighted by molar-refractivity contribution is 5.67. The van der Waals surface area contributed by atoms with Crippen molar-refractivity contribution >= 4 is 11.8 Å². The SMILES string of the molecule is N#CC1=Cc2cc([N+](=O)[O-])ccc2OC1. The maximum absolute atomic E-state index is 10.5. The van der Waals surface area contributed by atoms with Gasteiger partial charge in [0.1, 0.15) is 12.4 Å². The number of nitro groups is 1. The van der Waals surface area contributed by atoms with E-state index in [0.717, 1.165) is 0 Å². The maximum atomic E-state index is 10.5. The van der Waals surface area contributed by atoms with Crippen LogP contribution in [0, 0.1) is 21.4 Å². The fourth-order valence-corrected chi connectivity index (χ4v) is 1.34. The van der Waals surface area contributed by atoms with E-state index in [9.17, 15) is 10.1 Å². The number of ether oxygens (including phenoxy) is 1. The van der Waals surface area contributed by atoms with Crippen LogP contribution in [0.25, 0.3) is 6.08 Å². The van der Waals surface area contributed by atoms with Crippen LogP contribution < -0.4 is 4.74 Å². The Morgan fingerprint density at radius 3 is 3.00 bits per heavy atom. The van der Waals surface area contributed by atoms with E-state index in [2.05, 4.69) is 0 Å². The van der Waals surface area contributed by atoms with Crippen LogP contribution >= 0.6 is 0 Å². The minimum Gasteiger partial charge on any atom is -0.488 e. The van der Waals surface area contributed by atoms with Crippen molar-refractivity contribution in [3.8, 4) is 11.8 Å². The molecule has 0 aliphatic carbocycles. The van der Waals surface area contributed by atoms with Crippen molar-refractivity contribution in [2.24, 2.45) is 0 Å². The summed E-state index contributed by atoms with van der Waals surface area (Å²) in [5.74, 6) is 0.569. The van der Waals surface area contributed by atoms with Crippen LogP contribution in [-0.4, -0.2) is 11.5 Å². The van der Waals surface area contributed by atoms with Gasteiger partial charge in [-0.1, -0.05) is 0 Å². The Balaban J connectivity index is 2.50. The van der Waals surface area contributed by atoms with Gasteiger partial charge in [0.25, 0.3) is 5.69 Å². The fourth-order valence-electron chi connectivity index (χ4n) is 1.34. The molecule has 0 unspecified atom stereocenters. The highest BCUT2D eigenvalue weighted by Gasteiger charge is 2.15. The van der Waals surface area contributed by atoms with Gasteiger partial charge < -0.3 is 4.74 Å². The summed E-state index contributed by atoms with van der Waals surface area (Å²) in [7, 11) is 0. The summed E-state index contributed by atoms with van der Waals surface area (Å²) in [5, 5.41) is 19.2.